The highest BCUT2D eigenvalue weighted by Crippen LogP contribution is 2.24. The van der Waals surface area contributed by atoms with Crippen LogP contribution in [0.15, 0.2) is 59.5 Å². The summed E-state index contributed by atoms with van der Waals surface area (Å²) in [6, 6.07) is 14.8. The fourth-order valence-corrected chi connectivity index (χ4v) is 4.34. The minimum atomic E-state index is -3.69. The van der Waals surface area contributed by atoms with Crippen LogP contribution in [0.5, 0.6) is 0 Å². The Morgan fingerprint density at radius 2 is 1.93 bits per heavy atom. The van der Waals surface area contributed by atoms with Gasteiger partial charge in [-0.25, -0.2) is 13.1 Å². The zero-order chi connectivity index (χ0) is 20.9. The van der Waals surface area contributed by atoms with Crippen LogP contribution in [0.3, 0.4) is 0 Å². The van der Waals surface area contributed by atoms with Crippen molar-refractivity contribution < 1.29 is 17.9 Å². The van der Waals surface area contributed by atoms with Crippen molar-refractivity contribution in [2.24, 2.45) is 0 Å². The van der Waals surface area contributed by atoms with Gasteiger partial charge in [-0.15, -0.1) is 0 Å². The van der Waals surface area contributed by atoms with E-state index in [9.17, 15) is 13.2 Å². The molecule has 154 valence electrons. The second kappa shape index (κ2) is 9.35. The molecule has 0 aliphatic carbocycles. The number of carbonyl (C=O) groups is 1. The molecule has 1 heterocycles. The number of ether oxygens (including phenoxy) is 1. The molecule has 7 heteroatoms. The number of hydrogen-bond donors (Lipinski definition) is 1. The van der Waals surface area contributed by atoms with E-state index in [0.717, 1.165) is 12.0 Å². The molecule has 2 aromatic carbocycles. The first-order valence-corrected chi connectivity index (χ1v) is 11.0. The fraction of sp³-hybridized carbons (Fsp3) is 0.318. The minimum absolute atomic E-state index is 0.0834. The van der Waals surface area contributed by atoms with Crippen LogP contribution in [-0.4, -0.2) is 52.6 Å². The molecule has 1 aliphatic heterocycles. The molecule has 1 aliphatic rings. The van der Waals surface area contributed by atoms with Gasteiger partial charge in [-0.3, -0.25) is 4.79 Å². The Kier molecular flexibility index (Phi) is 6.84. The molecule has 0 saturated carbocycles. The van der Waals surface area contributed by atoms with Crippen molar-refractivity contribution in [2.75, 3.05) is 33.4 Å². The molecular weight excluding hydrogens is 388 g/mol. The van der Waals surface area contributed by atoms with E-state index in [2.05, 4.69) is 22.9 Å². The number of benzene rings is 2. The lowest BCUT2D eigenvalue weighted by Gasteiger charge is -2.27. The van der Waals surface area contributed by atoms with E-state index in [-0.39, 0.29) is 24.0 Å². The number of hydrogen-bond acceptors (Lipinski definition) is 4. The van der Waals surface area contributed by atoms with Crippen LogP contribution in [-0.2, 0) is 14.8 Å². The third-order valence-electron chi connectivity index (χ3n) is 4.99. The van der Waals surface area contributed by atoms with E-state index in [4.69, 9.17) is 4.74 Å². The number of sulfonamides is 1. The van der Waals surface area contributed by atoms with Crippen LogP contribution >= 0.6 is 0 Å². The number of amides is 1. The highest BCUT2D eigenvalue weighted by Gasteiger charge is 2.23. The van der Waals surface area contributed by atoms with Crippen molar-refractivity contribution in [3.63, 3.8) is 0 Å². The van der Waals surface area contributed by atoms with Gasteiger partial charge in [-0.2, -0.15) is 0 Å². The molecule has 0 atom stereocenters. The first kappa shape index (κ1) is 21.2. The summed E-state index contributed by atoms with van der Waals surface area (Å²) in [5.41, 5.74) is 3.57. The predicted molar refractivity (Wildman–Crippen MR) is 113 cm³/mol. The number of methoxy groups -OCH3 is 1. The second-order valence-electron chi connectivity index (χ2n) is 6.96. The molecule has 0 saturated heterocycles. The molecule has 1 amide bonds. The molecule has 0 unspecified atom stereocenters. The first-order chi connectivity index (χ1) is 13.9. The van der Waals surface area contributed by atoms with Gasteiger partial charge in [0.2, 0.25) is 10.0 Å². The summed E-state index contributed by atoms with van der Waals surface area (Å²) in [7, 11) is -2.19. The van der Waals surface area contributed by atoms with Crippen LogP contribution in [0.25, 0.3) is 5.57 Å². The average Bonchev–Trinajstić information content (AvgIpc) is 2.74. The van der Waals surface area contributed by atoms with Crippen LogP contribution in [0, 0.1) is 6.92 Å². The van der Waals surface area contributed by atoms with Gasteiger partial charge in [-0.05, 0) is 42.2 Å². The van der Waals surface area contributed by atoms with Crippen molar-refractivity contribution in [1.82, 2.24) is 9.62 Å². The molecule has 0 bridgehead atoms. The molecule has 1 N–H and O–H groups in total. The zero-order valence-electron chi connectivity index (χ0n) is 16.7. The first-order valence-electron chi connectivity index (χ1n) is 9.55. The zero-order valence-corrected chi connectivity index (χ0v) is 17.5. The van der Waals surface area contributed by atoms with Gasteiger partial charge >= 0.3 is 0 Å². The van der Waals surface area contributed by atoms with Crippen LogP contribution in [0.1, 0.15) is 27.9 Å². The van der Waals surface area contributed by atoms with Crippen LogP contribution < -0.4 is 4.72 Å². The van der Waals surface area contributed by atoms with E-state index in [1.54, 1.807) is 11.0 Å². The summed E-state index contributed by atoms with van der Waals surface area (Å²) in [6.45, 7) is 3.38. The van der Waals surface area contributed by atoms with E-state index in [1.807, 2.05) is 25.1 Å². The van der Waals surface area contributed by atoms with Crippen LogP contribution in [0.2, 0.25) is 0 Å². The standard InChI is InChI=1S/C22H26N2O4S/c1-17-8-9-20(29(26,27)23-12-15-28-2)16-21(17)22(25)24-13-10-19(11-14-24)18-6-4-3-5-7-18/h3-10,16,23H,11-15H2,1-2H3. The molecule has 0 spiro atoms. The number of rotatable bonds is 7. The lowest BCUT2D eigenvalue weighted by Crippen LogP contribution is -2.35. The normalized spacial score (nSPS) is 14.6. The van der Waals surface area contributed by atoms with E-state index in [0.29, 0.717) is 18.7 Å². The van der Waals surface area contributed by atoms with Crippen molar-refractivity contribution in [3.05, 3.63) is 71.3 Å². The predicted octanol–water partition coefficient (Wildman–Crippen LogP) is 2.85. The van der Waals surface area contributed by atoms with Gasteiger partial charge in [0.15, 0.2) is 0 Å². The van der Waals surface area contributed by atoms with Crippen molar-refractivity contribution in [3.8, 4) is 0 Å². The van der Waals surface area contributed by atoms with Gasteiger partial charge < -0.3 is 9.64 Å². The number of nitrogens with one attached hydrogen (secondary N) is 1. The Bertz CT molecular complexity index is 1000. The fourth-order valence-electron chi connectivity index (χ4n) is 3.30. The SMILES string of the molecule is COCCNS(=O)(=O)c1ccc(C)c(C(=O)N2CC=C(c3ccccc3)CC2)c1. The lowest BCUT2D eigenvalue weighted by molar-refractivity contribution is 0.0772. The second-order valence-corrected chi connectivity index (χ2v) is 8.73. The summed E-state index contributed by atoms with van der Waals surface area (Å²) < 4.78 is 32.3. The third-order valence-corrected chi connectivity index (χ3v) is 6.45. The Morgan fingerprint density at radius 1 is 1.17 bits per heavy atom. The molecular formula is C22H26N2O4S. The van der Waals surface area contributed by atoms with Gasteiger partial charge in [0, 0.05) is 32.3 Å². The maximum atomic E-state index is 13.1. The highest BCUT2D eigenvalue weighted by atomic mass is 32.2. The summed E-state index contributed by atoms with van der Waals surface area (Å²) in [4.78, 5) is 14.9. The Morgan fingerprint density at radius 3 is 2.59 bits per heavy atom. The minimum Gasteiger partial charge on any atom is -0.383 e. The van der Waals surface area contributed by atoms with Gasteiger partial charge in [0.25, 0.3) is 5.91 Å². The molecule has 0 radical (unpaired) electrons. The van der Waals surface area contributed by atoms with E-state index in [1.165, 1.54) is 30.4 Å². The summed E-state index contributed by atoms with van der Waals surface area (Å²) >= 11 is 0. The molecule has 3 rings (SSSR count). The summed E-state index contributed by atoms with van der Waals surface area (Å²) in [5.74, 6) is -0.153. The van der Waals surface area contributed by atoms with E-state index < -0.39 is 10.0 Å². The Labute approximate surface area is 172 Å². The van der Waals surface area contributed by atoms with Crippen molar-refractivity contribution in [1.29, 1.82) is 0 Å². The van der Waals surface area contributed by atoms with Gasteiger partial charge in [-0.1, -0.05) is 42.5 Å². The Balaban J connectivity index is 1.77. The monoisotopic (exact) mass is 414 g/mol. The maximum absolute atomic E-state index is 13.1. The topological polar surface area (TPSA) is 75.7 Å². The summed E-state index contributed by atoms with van der Waals surface area (Å²) in [5, 5.41) is 0. The largest absolute Gasteiger partial charge is 0.383 e. The lowest BCUT2D eigenvalue weighted by atomic mass is 9.99. The number of aryl methyl sites for hydroxylation is 1. The van der Waals surface area contributed by atoms with Crippen molar-refractivity contribution in [2.45, 2.75) is 18.2 Å². The highest BCUT2D eigenvalue weighted by molar-refractivity contribution is 7.89. The summed E-state index contributed by atoms with van der Waals surface area (Å²) in [6.07, 6.45) is 2.84. The third kappa shape index (κ3) is 5.12. The average molecular weight is 415 g/mol. The quantitative estimate of drug-likeness (QED) is 0.707. The van der Waals surface area contributed by atoms with E-state index >= 15 is 0 Å². The molecule has 6 nitrogen and oxygen atoms in total. The maximum Gasteiger partial charge on any atom is 0.254 e. The molecule has 2 aromatic rings. The van der Waals surface area contributed by atoms with Crippen LogP contribution in [0.4, 0.5) is 0 Å². The van der Waals surface area contributed by atoms with Gasteiger partial charge in [0.1, 0.15) is 0 Å². The van der Waals surface area contributed by atoms with Crippen molar-refractivity contribution >= 4 is 21.5 Å². The number of carbonyl (C=O) groups excluding carboxylic acids is 1. The molecule has 29 heavy (non-hydrogen) atoms. The number of nitrogens with zero attached hydrogens (tertiary/aromatic N) is 1. The molecule has 0 aromatic heterocycles. The molecule has 0 fully saturated rings. The smallest absolute Gasteiger partial charge is 0.254 e. The van der Waals surface area contributed by atoms with Gasteiger partial charge in [0.05, 0.1) is 11.5 Å². The Hall–Kier alpha value is -2.48.